The van der Waals surface area contributed by atoms with E-state index < -0.39 is 6.04 Å². The molecule has 2 aromatic heterocycles. The van der Waals surface area contributed by atoms with Gasteiger partial charge in [0.2, 0.25) is 5.91 Å². The highest BCUT2D eigenvalue weighted by atomic mass is 16.5. The molecule has 1 saturated carbocycles. The number of para-hydroxylation sites is 1. The zero-order valence-corrected chi connectivity index (χ0v) is 21.4. The van der Waals surface area contributed by atoms with E-state index in [1.54, 1.807) is 16.9 Å². The molecular formula is C30H33N3O4. The molecule has 7 nitrogen and oxygen atoms in total. The van der Waals surface area contributed by atoms with Crippen LogP contribution >= 0.6 is 0 Å². The summed E-state index contributed by atoms with van der Waals surface area (Å²) < 4.78 is 12.9. The Morgan fingerprint density at radius 3 is 2.54 bits per heavy atom. The van der Waals surface area contributed by atoms with Gasteiger partial charge in [0.1, 0.15) is 17.3 Å². The highest BCUT2D eigenvalue weighted by Gasteiger charge is 2.32. The molecule has 5 rings (SSSR count). The molecule has 1 amide bonds. The summed E-state index contributed by atoms with van der Waals surface area (Å²) in [6.07, 6.45) is 6.68. The Labute approximate surface area is 216 Å². The van der Waals surface area contributed by atoms with Crippen LogP contribution in [0.15, 0.2) is 76.1 Å². The Morgan fingerprint density at radius 1 is 1.08 bits per heavy atom. The fraction of sp³-hybridized carbons (Fsp3) is 0.367. The number of hydrogen-bond acceptors (Lipinski definition) is 5. The highest BCUT2D eigenvalue weighted by molar-refractivity contribution is 5.80. The maximum Gasteiger partial charge on any atom is 0.266 e. The van der Waals surface area contributed by atoms with E-state index >= 15 is 0 Å². The number of rotatable bonds is 8. The van der Waals surface area contributed by atoms with Crippen molar-refractivity contribution >= 4 is 16.8 Å². The van der Waals surface area contributed by atoms with E-state index in [-0.39, 0.29) is 17.4 Å². The van der Waals surface area contributed by atoms with Crippen molar-refractivity contribution in [1.82, 2.24) is 14.5 Å². The fourth-order valence-corrected chi connectivity index (χ4v) is 5.24. The molecular weight excluding hydrogens is 466 g/mol. The molecule has 0 radical (unpaired) electrons. The minimum Gasteiger partial charge on any atom is -0.494 e. The van der Waals surface area contributed by atoms with Crippen LogP contribution in [-0.4, -0.2) is 27.0 Å². The van der Waals surface area contributed by atoms with Gasteiger partial charge < -0.3 is 14.1 Å². The molecule has 0 N–H and O–H groups in total. The second-order valence-electron chi connectivity index (χ2n) is 9.61. The first-order valence-electron chi connectivity index (χ1n) is 13.1. The second-order valence-corrected chi connectivity index (χ2v) is 9.61. The summed E-state index contributed by atoms with van der Waals surface area (Å²) in [6.45, 7) is 4.76. The molecule has 1 atom stereocenters. The molecule has 1 aliphatic carbocycles. The molecule has 37 heavy (non-hydrogen) atoms. The molecule has 1 aliphatic rings. The van der Waals surface area contributed by atoms with E-state index in [0.29, 0.717) is 41.3 Å². The lowest BCUT2D eigenvalue weighted by Crippen LogP contribution is -2.40. The average molecular weight is 500 g/mol. The molecule has 1 fully saturated rings. The van der Waals surface area contributed by atoms with Crippen molar-refractivity contribution in [1.29, 1.82) is 0 Å². The van der Waals surface area contributed by atoms with Gasteiger partial charge in [-0.05, 0) is 75.2 Å². The van der Waals surface area contributed by atoms with Gasteiger partial charge in [-0.2, -0.15) is 0 Å². The lowest BCUT2D eigenvalue weighted by molar-refractivity contribution is -0.140. The number of nitrogens with zero attached hydrogens (tertiary/aromatic N) is 3. The van der Waals surface area contributed by atoms with Crippen molar-refractivity contribution < 1.29 is 13.9 Å². The third kappa shape index (κ3) is 5.17. The number of carbonyl (C=O) groups excluding carboxylic acids is 1. The number of benzene rings is 2. The lowest BCUT2D eigenvalue weighted by Gasteiger charge is -2.34. The zero-order valence-electron chi connectivity index (χ0n) is 21.4. The molecule has 0 bridgehead atoms. The molecule has 0 aliphatic heterocycles. The highest BCUT2D eigenvalue weighted by Crippen LogP contribution is 2.31. The zero-order chi connectivity index (χ0) is 25.8. The Hall–Kier alpha value is -3.87. The predicted octanol–water partition coefficient (Wildman–Crippen LogP) is 6.05. The Morgan fingerprint density at radius 2 is 1.84 bits per heavy atom. The van der Waals surface area contributed by atoms with Crippen molar-refractivity contribution in [2.75, 3.05) is 6.61 Å². The molecule has 2 aromatic carbocycles. The molecule has 2 heterocycles. The third-order valence-corrected chi connectivity index (χ3v) is 7.19. The summed E-state index contributed by atoms with van der Waals surface area (Å²) in [5, 5.41) is 0.531. The average Bonchev–Trinajstić information content (AvgIpc) is 3.46. The number of carbonyl (C=O) groups is 1. The van der Waals surface area contributed by atoms with Crippen LogP contribution in [0.2, 0.25) is 0 Å². The van der Waals surface area contributed by atoms with Gasteiger partial charge in [-0.3, -0.25) is 14.2 Å². The van der Waals surface area contributed by atoms with Gasteiger partial charge in [0, 0.05) is 5.92 Å². The Kier molecular flexibility index (Phi) is 7.40. The maximum absolute atomic E-state index is 13.9. The Balaban J connectivity index is 1.63. The van der Waals surface area contributed by atoms with Crippen LogP contribution in [0.25, 0.3) is 16.6 Å². The maximum atomic E-state index is 13.9. The van der Waals surface area contributed by atoms with Crippen LogP contribution in [0.4, 0.5) is 0 Å². The van der Waals surface area contributed by atoms with Gasteiger partial charge in [-0.25, -0.2) is 4.98 Å². The van der Waals surface area contributed by atoms with Crippen LogP contribution in [-0.2, 0) is 11.3 Å². The first kappa shape index (κ1) is 24.8. The van der Waals surface area contributed by atoms with E-state index in [1.807, 2.05) is 73.3 Å². The van der Waals surface area contributed by atoms with Gasteiger partial charge >= 0.3 is 0 Å². The number of aromatic nitrogens is 2. The fourth-order valence-electron chi connectivity index (χ4n) is 5.24. The number of amides is 1. The second kappa shape index (κ2) is 11.0. The van der Waals surface area contributed by atoms with Crippen LogP contribution < -0.4 is 10.3 Å². The number of hydrogen-bond donors (Lipinski definition) is 0. The summed E-state index contributed by atoms with van der Waals surface area (Å²) in [4.78, 5) is 34.5. The normalized spacial score (nSPS) is 15.0. The molecule has 192 valence electrons. The SMILES string of the molecule is CCOc1ccc(-n2c(C(C)N(Cc3ccco3)C(=O)C3CCCCC3)nc3ccccc3c2=O)cc1. The van der Waals surface area contributed by atoms with Gasteiger partial charge in [0.05, 0.1) is 42.0 Å². The van der Waals surface area contributed by atoms with Gasteiger partial charge in [0.15, 0.2) is 0 Å². The van der Waals surface area contributed by atoms with E-state index in [0.717, 1.165) is 31.4 Å². The van der Waals surface area contributed by atoms with E-state index in [1.165, 1.54) is 6.42 Å². The standard InChI is InChI=1S/C30H33N3O4/c1-3-36-24-17-15-23(16-18-24)33-28(31-27-14-8-7-13-26(27)30(33)35)21(2)32(20-25-12-9-19-37-25)29(34)22-10-5-4-6-11-22/h7-9,12-19,21-22H,3-6,10-11,20H2,1-2H3. The summed E-state index contributed by atoms with van der Waals surface area (Å²) in [5.74, 6) is 2.01. The molecule has 7 heteroatoms. The molecule has 0 spiro atoms. The van der Waals surface area contributed by atoms with E-state index in [4.69, 9.17) is 14.1 Å². The number of fused-ring (bicyclic) bond motifs is 1. The van der Waals surface area contributed by atoms with Crippen LogP contribution in [0.5, 0.6) is 5.75 Å². The molecule has 4 aromatic rings. The summed E-state index contributed by atoms with van der Waals surface area (Å²) in [7, 11) is 0. The monoisotopic (exact) mass is 499 g/mol. The van der Waals surface area contributed by atoms with E-state index in [2.05, 4.69) is 0 Å². The van der Waals surface area contributed by atoms with Gasteiger partial charge in [0.25, 0.3) is 5.56 Å². The van der Waals surface area contributed by atoms with Crippen molar-refractivity contribution in [2.24, 2.45) is 5.92 Å². The Bertz CT molecular complexity index is 1400. The quantitative estimate of drug-likeness (QED) is 0.295. The smallest absolute Gasteiger partial charge is 0.266 e. The largest absolute Gasteiger partial charge is 0.494 e. The van der Waals surface area contributed by atoms with Crippen LogP contribution in [0.3, 0.4) is 0 Å². The van der Waals surface area contributed by atoms with Crippen LogP contribution in [0.1, 0.15) is 63.6 Å². The van der Waals surface area contributed by atoms with Crippen LogP contribution in [0, 0.1) is 5.92 Å². The predicted molar refractivity (Wildman–Crippen MR) is 143 cm³/mol. The summed E-state index contributed by atoms with van der Waals surface area (Å²) in [5.41, 5.74) is 1.12. The summed E-state index contributed by atoms with van der Waals surface area (Å²) >= 11 is 0. The minimum absolute atomic E-state index is 0.0303. The van der Waals surface area contributed by atoms with Crippen molar-refractivity contribution in [3.63, 3.8) is 0 Å². The minimum atomic E-state index is -0.469. The van der Waals surface area contributed by atoms with Gasteiger partial charge in [-0.1, -0.05) is 31.4 Å². The summed E-state index contributed by atoms with van der Waals surface area (Å²) in [6, 6.07) is 18.0. The van der Waals surface area contributed by atoms with Crippen molar-refractivity contribution in [2.45, 2.75) is 58.5 Å². The first-order chi connectivity index (χ1) is 18.1. The first-order valence-corrected chi connectivity index (χ1v) is 13.1. The molecule has 0 saturated heterocycles. The number of ether oxygens (including phenoxy) is 1. The number of furan rings is 1. The van der Waals surface area contributed by atoms with Crippen molar-refractivity contribution in [3.8, 4) is 11.4 Å². The topological polar surface area (TPSA) is 77.6 Å². The molecule has 1 unspecified atom stereocenters. The van der Waals surface area contributed by atoms with Gasteiger partial charge in [-0.15, -0.1) is 0 Å². The lowest BCUT2D eigenvalue weighted by atomic mass is 9.88. The van der Waals surface area contributed by atoms with Crippen molar-refractivity contribution in [3.05, 3.63) is 88.9 Å². The van der Waals surface area contributed by atoms with E-state index in [9.17, 15) is 9.59 Å². The third-order valence-electron chi connectivity index (χ3n) is 7.19.